The Morgan fingerprint density at radius 1 is 1.21 bits per heavy atom. The molecule has 0 fully saturated rings. The highest BCUT2D eigenvalue weighted by Gasteiger charge is 2.05. The SMILES string of the molecule is O=C(Cc1cccs1)NCCc1ccc(F)c(F)c1. The van der Waals surface area contributed by atoms with Crippen LogP contribution in [0.4, 0.5) is 8.78 Å². The standard InChI is InChI=1S/C14H13F2NOS/c15-12-4-3-10(8-13(12)16)5-6-17-14(18)9-11-2-1-7-19-11/h1-4,7-8H,5-6,9H2,(H,17,18). The van der Waals surface area contributed by atoms with Crippen molar-refractivity contribution in [2.45, 2.75) is 12.8 Å². The molecule has 1 aromatic heterocycles. The quantitative estimate of drug-likeness (QED) is 0.897. The van der Waals surface area contributed by atoms with Gasteiger partial charge in [-0.15, -0.1) is 11.3 Å². The van der Waals surface area contributed by atoms with Gasteiger partial charge in [-0.05, 0) is 35.6 Å². The van der Waals surface area contributed by atoms with Crippen molar-refractivity contribution in [1.82, 2.24) is 5.32 Å². The van der Waals surface area contributed by atoms with Crippen molar-refractivity contribution in [3.05, 3.63) is 57.8 Å². The van der Waals surface area contributed by atoms with Crippen LogP contribution in [0.2, 0.25) is 0 Å². The Bertz CT molecular complexity index is 555. The minimum atomic E-state index is -0.859. The van der Waals surface area contributed by atoms with E-state index in [1.165, 1.54) is 17.4 Å². The topological polar surface area (TPSA) is 29.1 Å². The molecule has 0 radical (unpaired) electrons. The molecule has 0 aliphatic rings. The van der Waals surface area contributed by atoms with Crippen molar-refractivity contribution in [3.8, 4) is 0 Å². The number of hydrogen-bond donors (Lipinski definition) is 1. The molecule has 0 unspecified atom stereocenters. The van der Waals surface area contributed by atoms with Gasteiger partial charge in [-0.25, -0.2) is 8.78 Å². The second-order valence-corrected chi connectivity index (χ2v) is 5.14. The van der Waals surface area contributed by atoms with Crippen molar-refractivity contribution < 1.29 is 13.6 Å². The lowest BCUT2D eigenvalue weighted by molar-refractivity contribution is -0.120. The lowest BCUT2D eigenvalue weighted by atomic mass is 10.1. The van der Waals surface area contributed by atoms with Crippen LogP contribution in [0.5, 0.6) is 0 Å². The molecular formula is C14H13F2NOS. The highest BCUT2D eigenvalue weighted by Crippen LogP contribution is 2.10. The lowest BCUT2D eigenvalue weighted by Crippen LogP contribution is -2.26. The summed E-state index contributed by atoms with van der Waals surface area (Å²) in [5, 5.41) is 4.68. The maximum absolute atomic E-state index is 13.0. The van der Waals surface area contributed by atoms with Crippen LogP contribution in [0.3, 0.4) is 0 Å². The van der Waals surface area contributed by atoms with E-state index in [4.69, 9.17) is 0 Å². The van der Waals surface area contributed by atoms with E-state index in [9.17, 15) is 13.6 Å². The van der Waals surface area contributed by atoms with E-state index in [2.05, 4.69) is 5.32 Å². The molecule has 0 atom stereocenters. The highest BCUT2D eigenvalue weighted by molar-refractivity contribution is 7.10. The Balaban J connectivity index is 1.76. The molecule has 0 aliphatic carbocycles. The Labute approximate surface area is 114 Å². The summed E-state index contributed by atoms with van der Waals surface area (Å²) in [6.45, 7) is 0.412. The van der Waals surface area contributed by atoms with Crippen molar-refractivity contribution in [2.75, 3.05) is 6.54 Å². The minimum absolute atomic E-state index is 0.0648. The number of amides is 1. The summed E-state index contributed by atoms with van der Waals surface area (Å²) in [6.07, 6.45) is 0.836. The van der Waals surface area contributed by atoms with Gasteiger partial charge in [0.2, 0.25) is 5.91 Å². The van der Waals surface area contributed by atoms with E-state index in [1.54, 1.807) is 0 Å². The maximum atomic E-state index is 13.0. The van der Waals surface area contributed by atoms with Crippen LogP contribution in [-0.2, 0) is 17.6 Å². The van der Waals surface area contributed by atoms with Crippen LogP contribution in [0.15, 0.2) is 35.7 Å². The first-order chi connectivity index (χ1) is 9.15. The zero-order valence-electron chi connectivity index (χ0n) is 10.2. The number of hydrogen-bond acceptors (Lipinski definition) is 2. The summed E-state index contributed by atoms with van der Waals surface area (Å²) >= 11 is 1.53. The molecule has 19 heavy (non-hydrogen) atoms. The fourth-order valence-corrected chi connectivity index (χ4v) is 2.38. The van der Waals surface area contributed by atoms with Gasteiger partial charge in [0.15, 0.2) is 11.6 Å². The molecular weight excluding hydrogens is 268 g/mol. The van der Waals surface area contributed by atoms with Gasteiger partial charge in [0.1, 0.15) is 0 Å². The first-order valence-electron chi connectivity index (χ1n) is 5.88. The third-order valence-electron chi connectivity index (χ3n) is 2.63. The predicted molar refractivity (Wildman–Crippen MR) is 71.1 cm³/mol. The molecule has 1 amide bonds. The van der Waals surface area contributed by atoms with Crippen LogP contribution < -0.4 is 5.32 Å². The first-order valence-corrected chi connectivity index (χ1v) is 6.76. The van der Waals surface area contributed by atoms with Gasteiger partial charge in [-0.3, -0.25) is 4.79 Å². The van der Waals surface area contributed by atoms with Crippen LogP contribution in [0.25, 0.3) is 0 Å². The number of carbonyl (C=O) groups excluding carboxylic acids is 1. The molecule has 1 N–H and O–H groups in total. The molecule has 5 heteroatoms. The number of nitrogens with one attached hydrogen (secondary N) is 1. The molecule has 0 saturated carbocycles. The first kappa shape index (κ1) is 13.7. The van der Waals surface area contributed by atoms with Crippen molar-refractivity contribution in [2.24, 2.45) is 0 Å². The van der Waals surface area contributed by atoms with Crippen LogP contribution >= 0.6 is 11.3 Å². The summed E-state index contributed by atoms with van der Waals surface area (Å²) < 4.78 is 25.7. The van der Waals surface area contributed by atoms with Crippen LogP contribution in [0, 0.1) is 11.6 Å². The van der Waals surface area contributed by atoms with Crippen LogP contribution in [-0.4, -0.2) is 12.5 Å². The normalized spacial score (nSPS) is 10.4. The van der Waals surface area contributed by atoms with Gasteiger partial charge >= 0.3 is 0 Å². The molecule has 0 aliphatic heterocycles. The van der Waals surface area contributed by atoms with E-state index < -0.39 is 11.6 Å². The second-order valence-electron chi connectivity index (χ2n) is 4.10. The monoisotopic (exact) mass is 281 g/mol. The zero-order valence-corrected chi connectivity index (χ0v) is 11.0. The number of rotatable bonds is 5. The third kappa shape index (κ3) is 4.13. The molecule has 0 bridgehead atoms. The van der Waals surface area contributed by atoms with E-state index >= 15 is 0 Å². The Morgan fingerprint density at radius 3 is 2.74 bits per heavy atom. The summed E-state index contributed by atoms with van der Waals surface area (Å²) in [5.74, 6) is -1.78. The Kier molecular flexibility index (Phi) is 4.63. The van der Waals surface area contributed by atoms with Gasteiger partial charge in [0.25, 0.3) is 0 Å². The summed E-state index contributed by atoms with van der Waals surface area (Å²) in [4.78, 5) is 12.6. The summed E-state index contributed by atoms with van der Waals surface area (Å²) in [6, 6.07) is 7.57. The van der Waals surface area contributed by atoms with E-state index in [0.29, 0.717) is 24.9 Å². The van der Waals surface area contributed by atoms with E-state index in [-0.39, 0.29) is 5.91 Å². The fourth-order valence-electron chi connectivity index (χ4n) is 1.68. The van der Waals surface area contributed by atoms with E-state index in [1.807, 2.05) is 17.5 Å². The molecule has 0 saturated heterocycles. The average molecular weight is 281 g/mol. The summed E-state index contributed by atoms with van der Waals surface area (Å²) in [7, 11) is 0. The molecule has 1 heterocycles. The number of benzene rings is 1. The number of halogens is 2. The van der Waals surface area contributed by atoms with Crippen molar-refractivity contribution in [3.63, 3.8) is 0 Å². The van der Waals surface area contributed by atoms with Gasteiger partial charge in [-0.2, -0.15) is 0 Å². The van der Waals surface area contributed by atoms with E-state index in [0.717, 1.165) is 17.0 Å². The second kappa shape index (κ2) is 6.43. The molecule has 0 spiro atoms. The summed E-state index contributed by atoms with van der Waals surface area (Å²) in [5.41, 5.74) is 0.662. The van der Waals surface area contributed by atoms with Crippen molar-refractivity contribution in [1.29, 1.82) is 0 Å². The fraction of sp³-hybridized carbons (Fsp3) is 0.214. The van der Waals surface area contributed by atoms with Crippen molar-refractivity contribution >= 4 is 17.2 Å². The maximum Gasteiger partial charge on any atom is 0.225 e. The average Bonchev–Trinajstić information content (AvgIpc) is 2.86. The van der Waals surface area contributed by atoms with Gasteiger partial charge in [0.05, 0.1) is 6.42 Å². The molecule has 1 aromatic carbocycles. The predicted octanol–water partition coefficient (Wildman–Crippen LogP) is 2.93. The van der Waals surface area contributed by atoms with Crippen LogP contribution in [0.1, 0.15) is 10.4 Å². The highest BCUT2D eigenvalue weighted by atomic mass is 32.1. The molecule has 2 rings (SSSR count). The Hall–Kier alpha value is -1.75. The number of carbonyl (C=O) groups is 1. The van der Waals surface area contributed by atoms with Gasteiger partial charge in [0, 0.05) is 11.4 Å². The minimum Gasteiger partial charge on any atom is -0.355 e. The number of thiophene rings is 1. The third-order valence-corrected chi connectivity index (χ3v) is 3.51. The zero-order chi connectivity index (χ0) is 13.7. The van der Waals surface area contributed by atoms with Gasteiger partial charge < -0.3 is 5.32 Å². The molecule has 2 nitrogen and oxygen atoms in total. The lowest BCUT2D eigenvalue weighted by Gasteiger charge is -2.05. The smallest absolute Gasteiger partial charge is 0.225 e. The Morgan fingerprint density at radius 2 is 2.05 bits per heavy atom. The molecule has 2 aromatic rings. The largest absolute Gasteiger partial charge is 0.355 e. The van der Waals surface area contributed by atoms with Gasteiger partial charge in [-0.1, -0.05) is 12.1 Å². The molecule has 100 valence electrons.